The summed E-state index contributed by atoms with van der Waals surface area (Å²) < 4.78 is 15.7. The van der Waals surface area contributed by atoms with E-state index in [1.54, 1.807) is 33.8 Å². The first-order valence-electron chi connectivity index (χ1n) is 8.32. The van der Waals surface area contributed by atoms with Gasteiger partial charge in [0, 0.05) is 43.4 Å². The third-order valence-corrected chi connectivity index (χ3v) is 4.72. The molecule has 0 saturated carbocycles. The lowest BCUT2D eigenvalue weighted by Gasteiger charge is -2.27. The van der Waals surface area contributed by atoms with Gasteiger partial charge in [0.05, 0.1) is 18.0 Å². The van der Waals surface area contributed by atoms with Gasteiger partial charge in [-0.1, -0.05) is 12.1 Å². The molecule has 3 aromatic rings. The highest BCUT2D eigenvalue weighted by Crippen LogP contribution is 2.25. The summed E-state index contributed by atoms with van der Waals surface area (Å²) in [5.41, 5.74) is 3.57. The van der Waals surface area contributed by atoms with Crippen LogP contribution in [0.1, 0.15) is 27.4 Å². The van der Waals surface area contributed by atoms with Crippen LogP contribution in [0.2, 0.25) is 0 Å². The summed E-state index contributed by atoms with van der Waals surface area (Å²) in [6.45, 7) is 0.767. The third-order valence-electron chi connectivity index (χ3n) is 4.72. The van der Waals surface area contributed by atoms with E-state index in [-0.39, 0.29) is 18.3 Å². The Balaban J connectivity index is 1.58. The van der Waals surface area contributed by atoms with Crippen molar-refractivity contribution < 1.29 is 14.3 Å². The first-order chi connectivity index (χ1) is 12.6. The van der Waals surface area contributed by atoms with Crippen molar-refractivity contribution in [2.24, 2.45) is 7.05 Å². The second-order valence-corrected chi connectivity index (χ2v) is 6.28. The number of aromatic amines is 1. The lowest BCUT2D eigenvalue weighted by Crippen LogP contribution is -2.36. The zero-order chi connectivity index (χ0) is 18.3. The second kappa shape index (κ2) is 6.38. The van der Waals surface area contributed by atoms with Gasteiger partial charge in [0.15, 0.2) is 0 Å². The van der Waals surface area contributed by atoms with Crippen molar-refractivity contribution >= 4 is 5.91 Å². The Morgan fingerprint density at radius 2 is 2.19 bits per heavy atom. The molecule has 0 fully saturated rings. The van der Waals surface area contributed by atoms with Crippen molar-refractivity contribution in [1.82, 2.24) is 24.9 Å². The van der Waals surface area contributed by atoms with Crippen LogP contribution in [0.5, 0.6) is 0 Å². The van der Waals surface area contributed by atoms with Crippen LogP contribution >= 0.6 is 0 Å². The van der Waals surface area contributed by atoms with Gasteiger partial charge >= 0.3 is 0 Å². The SMILES string of the molecule is Cn1nc(CO)c2c1CCN(C(=O)c1cc(-c3ccccc3F)n[nH]1)C2. The number of carbonyl (C=O) groups excluding carboxylic acids is 1. The average Bonchev–Trinajstić information content (AvgIpc) is 3.26. The van der Waals surface area contributed by atoms with Gasteiger partial charge in [0.2, 0.25) is 0 Å². The van der Waals surface area contributed by atoms with Gasteiger partial charge in [-0.05, 0) is 18.2 Å². The van der Waals surface area contributed by atoms with Crippen LogP contribution in [0.4, 0.5) is 4.39 Å². The number of nitrogens with zero attached hydrogens (tertiary/aromatic N) is 4. The summed E-state index contributed by atoms with van der Waals surface area (Å²) in [5.74, 6) is -0.595. The molecule has 0 aliphatic carbocycles. The fourth-order valence-electron chi connectivity index (χ4n) is 3.38. The summed E-state index contributed by atoms with van der Waals surface area (Å²) in [6.07, 6.45) is 0.666. The van der Waals surface area contributed by atoms with E-state index in [4.69, 9.17) is 0 Å². The smallest absolute Gasteiger partial charge is 0.272 e. The molecule has 0 saturated heterocycles. The Hall–Kier alpha value is -3.00. The second-order valence-electron chi connectivity index (χ2n) is 6.28. The Labute approximate surface area is 149 Å². The lowest BCUT2D eigenvalue weighted by molar-refractivity contribution is 0.0726. The van der Waals surface area contributed by atoms with Gasteiger partial charge < -0.3 is 10.0 Å². The number of aliphatic hydroxyl groups excluding tert-OH is 1. The predicted molar refractivity (Wildman–Crippen MR) is 91.6 cm³/mol. The van der Waals surface area contributed by atoms with Crippen molar-refractivity contribution in [2.45, 2.75) is 19.6 Å². The zero-order valence-corrected chi connectivity index (χ0v) is 14.2. The van der Waals surface area contributed by atoms with Crippen molar-refractivity contribution in [3.05, 3.63) is 58.8 Å². The van der Waals surface area contributed by atoms with Gasteiger partial charge in [-0.25, -0.2) is 4.39 Å². The van der Waals surface area contributed by atoms with E-state index in [1.165, 1.54) is 6.07 Å². The average molecular weight is 355 g/mol. The van der Waals surface area contributed by atoms with Crippen molar-refractivity contribution in [2.75, 3.05) is 6.54 Å². The molecule has 0 radical (unpaired) electrons. The van der Waals surface area contributed by atoms with E-state index < -0.39 is 0 Å². The number of amides is 1. The molecule has 2 N–H and O–H groups in total. The van der Waals surface area contributed by atoms with Crippen LogP contribution in [0, 0.1) is 5.82 Å². The first kappa shape index (κ1) is 16.5. The van der Waals surface area contributed by atoms with E-state index in [9.17, 15) is 14.3 Å². The third kappa shape index (κ3) is 2.68. The first-order valence-corrected chi connectivity index (χ1v) is 8.32. The molecule has 0 spiro atoms. The number of aliphatic hydroxyl groups is 1. The highest BCUT2D eigenvalue weighted by molar-refractivity contribution is 5.93. The predicted octanol–water partition coefficient (Wildman–Crippen LogP) is 1.64. The zero-order valence-electron chi connectivity index (χ0n) is 14.2. The van der Waals surface area contributed by atoms with E-state index in [0.29, 0.717) is 42.2 Å². The van der Waals surface area contributed by atoms with Crippen LogP contribution in [0.3, 0.4) is 0 Å². The largest absolute Gasteiger partial charge is 0.390 e. The quantitative estimate of drug-likeness (QED) is 0.748. The number of halogens is 1. The minimum absolute atomic E-state index is 0.160. The normalized spacial score (nSPS) is 13.7. The summed E-state index contributed by atoms with van der Waals surface area (Å²) in [7, 11) is 1.84. The number of aromatic nitrogens is 4. The number of hydrogen-bond donors (Lipinski definition) is 2. The Kier molecular flexibility index (Phi) is 4.04. The maximum atomic E-state index is 13.9. The fraction of sp³-hybridized carbons (Fsp3) is 0.278. The summed E-state index contributed by atoms with van der Waals surface area (Å²) >= 11 is 0. The molecule has 4 rings (SSSR count). The Morgan fingerprint density at radius 1 is 1.38 bits per heavy atom. The maximum absolute atomic E-state index is 13.9. The molecule has 0 bridgehead atoms. The number of benzene rings is 1. The van der Waals surface area contributed by atoms with Crippen LogP contribution < -0.4 is 0 Å². The molecule has 2 aromatic heterocycles. The van der Waals surface area contributed by atoms with Gasteiger partial charge in [-0.2, -0.15) is 10.2 Å². The topological polar surface area (TPSA) is 87.0 Å². The van der Waals surface area contributed by atoms with Crippen LogP contribution in [0.25, 0.3) is 11.3 Å². The van der Waals surface area contributed by atoms with Crippen molar-refractivity contribution in [3.8, 4) is 11.3 Å². The highest BCUT2D eigenvalue weighted by Gasteiger charge is 2.28. The van der Waals surface area contributed by atoms with Crippen molar-refractivity contribution in [1.29, 1.82) is 0 Å². The number of nitrogens with one attached hydrogen (secondary N) is 1. The molecule has 1 aliphatic rings. The minimum atomic E-state index is -0.386. The molecule has 0 atom stereocenters. The number of hydrogen-bond acceptors (Lipinski definition) is 4. The van der Waals surface area contributed by atoms with Gasteiger partial charge in [0.25, 0.3) is 5.91 Å². The fourth-order valence-corrected chi connectivity index (χ4v) is 3.38. The Bertz CT molecular complexity index is 978. The van der Waals surface area contributed by atoms with E-state index >= 15 is 0 Å². The number of fused-ring (bicyclic) bond motifs is 1. The van der Waals surface area contributed by atoms with Gasteiger partial charge in [-0.3, -0.25) is 14.6 Å². The maximum Gasteiger partial charge on any atom is 0.272 e. The lowest BCUT2D eigenvalue weighted by atomic mass is 10.0. The number of rotatable bonds is 3. The highest BCUT2D eigenvalue weighted by atomic mass is 19.1. The molecule has 1 aliphatic heterocycles. The van der Waals surface area contributed by atoms with E-state index in [0.717, 1.165) is 11.3 Å². The number of aryl methyl sites for hydroxylation is 1. The molecule has 134 valence electrons. The summed E-state index contributed by atoms with van der Waals surface area (Å²) in [6, 6.07) is 7.87. The minimum Gasteiger partial charge on any atom is -0.390 e. The molecule has 0 unspecified atom stereocenters. The molecule has 26 heavy (non-hydrogen) atoms. The van der Waals surface area contributed by atoms with Crippen LogP contribution in [0.15, 0.2) is 30.3 Å². The molecule has 7 nitrogen and oxygen atoms in total. The molecule has 8 heteroatoms. The van der Waals surface area contributed by atoms with Gasteiger partial charge in [0.1, 0.15) is 11.5 Å². The van der Waals surface area contributed by atoms with Crippen molar-refractivity contribution in [3.63, 3.8) is 0 Å². The Morgan fingerprint density at radius 3 is 2.96 bits per heavy atom. The molecule has 1 amide bonds. The molecular weight excluding hydrogens is 337 g/mol. The van der Waals surface area contributed by atoms with E-state index in [2.05, 4.69) is 15.3 Å². The molecular formula is C18H18FN5O2. The van der Waals surface area contributed by atoms with Gasteiger partial charge in [-0.15, -0.1) is 0 Å². The standard InChI is InChI=1S/C18H18FN5O2/c1-23-17-6-7-24(9-12(17)16(10-25)22-23)18(26)15-8-14(20-21-15)11-4-2-3-5-13(11)19/h2-5,8,25H,6-7,9-10H2,1H3,(H,20,21). The number of H-pyrrole nitrogens is 1. The van der Waals surface area contributed by atoms with Crippen LogP contribution in [-0.4, -0.2) is 42.4 Å². The molecule has 1 aromatic carbocycles. The molecule has 3 heterocycles. The number of carbonyl (C=O) groups is 1. The summed E-state index contributed by atoms with van der Waals surface area (Å²) in [4.78, 5) is 14.5. The summed E-state index contributed by atoms with van der Waals surface area (Å²) in [5, 5.41) is 20.6. The van der Waals surface area contributed by atoms with E-state index in [1.807, 2.05) is 7.05 Å². The van der Waals surface area contributed by atoms with Crippen LogP contribution in [-0.2, 0) is 26.6 Å². The monoisotopic (exact) mass is 355 g/mol.